The maximum Gasteiger partial charge on any atom is 0.0431 e. The Bertz CT molecular complexity index is 438. The smallest absolute Gasteiger partial charge is 0.0431 e. The standard InChI is InChI=1S/C10H19N/c1-10(2,3)9-7-4-8(9)6-11-5-7/h7-9,11H,4-6H2,1-3H3/i4D2,5D2,6D2,7D,8D,9D. The van der Waals surface area contributed by atoms with Crippen molar-refractivity contribution in [3.05, 3.63) is 0 Å². The van der Waals surface area contributed by atoms with Crippen molar-refractivity contribution in [2.24, 2.45) is 23.1 Å². The first kappa shape index (κ1) is 2.47. The van der Waals surface area contributed by atoms with Crippen LogP contribution in [0.4, 0.5) is 0 Å². The second-order valence-corrected chi connectivity index (χ2v) is 3.88. The number of rotatable bonds is 0. The molecule has 0 amide bonds. The van der Waals surface area contributed by atoms with Gasteiger partial charge in [-0.05, 0) is 42.5 Å². The zero-order valence-electron chi connectivity index (χ0n) is 16.0. The largest absolute Gasteiger partial charge is 0.316 e. The molecule has 1 N–H and O–H groups in total. The molecule has 11 heavy (non-hydrogen) atoms. The summed E-state index contributed by atoms with van der Waals surface area (Å²) < 4.78 is 72.7. The van der Waals surface area contributed by atoms with Gasteiger partial charge in [0, 0.05) is 12.3 Å². The Morgan fingerprint density at radius 2 is 1.91 bits per heavy atom. The van der Waals surface area contributed by atoms with Gasteiger partial charge < -0.3 is 5.32 Å². The van der Waals surface area contributed by atoms with Crippen molar-refractivity contribution in [2.75, 3.05) is 13.0 Å². The lowest BCUT2D eigenvalue weighted by molar-refractivity contribution is -0.0449. The van der Waals surface area contributed by atoms with Crippen LogP contribution in [0.3, 0.4) is 0 Å². The minimum absolute atomic E-state index is 1.15. The topological polar surface area (TPSA) is 12.0 Å². The van der Waals surface area contributed by atoms with E-state index in [1.807, 2.05) is 5.32 Å². The molecule has 3 fully saturated rings. The zero-order valence-corrected chi connectivity index (χ0v) is 7.00. The summed E-state index contributed by atoms with van der Waals surface area (Å²) in [6, 6.07) is 0. The summed E-state index contributed by atoms with van der Waals surface area (Å²) in [5.41, 5.74) is -1.15. The van der Waals surface area contributed by atoms with E-state index in [2.05, 4.69) is 0 Å². The highest BCUT2D eigenvalue weighted by molar-refractivity contribution is 5.00. The Morgan fingerprint density at radius 1 is 1.36 bits per heavy atom. The van der Waals surface area contributed by atoms with Crippen molar-refractivity contribution >= 4 is 0 Å². The molecule has 0 aromatic rings. The normalized spacial score (nSPS) is 89.2. The Balaban J connectivity index is 2.86. The lowest BCUT2D eigenvalue weighted by Gasteiger charge is -2.55. The number of piperidine rings is 2. The van der Waals surface area contributed by atoms with Crippen molar-refractivity contribution in [1.29, 1.82) is 0 Å². The van der Waals surface area contributed by atoms with Gasteiger partial charge in [-0.2, -0.15) is 0 Å². The Hall–Kier alpha value is -0.0400. The molecule has 64 valence electrons. The summed E-state index contributed by atoms with van der Waals surface area (Å²) in [4.78, 5) is 0. The van der Waals surface area contributed by atoms with Gasteiger partial charge in [0.05, 0.1) is 0 Å². The molecular formula is C10H19N. The predicted molar refractivity (Wildman–Crippen MR) is 47.4 cm³/mol. The fourth-order valence-corrected chi connectivity index (χ4v) is 1.41. The Morgan fingerprint density at radius 3 is 2.36 bits per heavy atom. The highest BCUT2D eigenvalue weighted by Gasteiger charge is 2.48. The first-order valence-electron chi connectivity index (χ1n) is 8.25. The van der Waals surface area contributed by atoms with Crippen LogP contribution >= 0.6 is 0 Å². The van der Waals surface area contributed by atoms with Gasteiger partial charge >= 0.3 is 0 Å². The van der Waals surface area contributed by atoms with Crippen LogP contribution in [0.15, 0.2) is 0 Å². The summed E-state index contributed by atoms with van der Waals surface area (Å²) in [5, 5.41) is 1.93. The van der Waals surface area contributed by atoms with Crippen LogP contribution < -0.4 is 5.32 Å². The van der Waals surface area contributed by atoms with Gasteiger partial charge in [0.25, 0.3) is 0 Å². The second-order valence-electron chi connectivity index (χ2n) is 3.88. The molecule has 2 heterocycles. The molecule has 0 spiro atoms. The number of hydrogen-bond acceptors (Lipinski definition) is 1. The molecule has 1 saturated carbocycles. The van der Waals surface area contributed by atoms with E-state index >= 15 is 0 Å². The van der Waals surface area contributed by atoms with E-state index in [9.17, 15) is 0 Å². The van der Waals surface area contributed by atoms with Crippen LogP contribution in [0.25, 0.3) is 0 Å². The minimum Gasteiger partial charge on any atom is -0.316 e. The molecule has 3 aliphatic rings. The van der Waals surface area contributed by atoms with Crippen molar-refractivity contribution in [3.8, 4) is 0 Å². The monoisotopic (exact) mass is 162 g/mol. The molecule has 2 atom stereocenters. The molecule has 0 radical (unpaired) electrons. The van der Waals surface area contributed by atoms with Crippen LogP contribution in [0.2, 0.25) is 0 Å². The lowest BCUT2D eigenvalue weighted by atomic mass is 9.53. The van der Waals surface area contributed by atoms with Crippen LogP contribution in [0.5, 0.6) is 0 Å². The summed E-state index contributed by atoms with van der Waals surface area (Å²) in [6.07, 6.45) is -2.80. The maximum atomic E-state index is 8.55. The van der Waals surface area contributed by atoms with Gasteiger partial charge in [-0.3, -0.25) is 0 Å². The van der Waals surface area contributed by atoms with Crippen LogP contribution in [0.1, 0.15) is 39.5 Å². The predicted octanol–water partition coefficient (Wildman–Crippen LogP) is 1.89. The number of hydrogen-bond donors (Lipinski definition) is 1. The number of fused-ring (bicyclic) bond motifs is 2. The summed E-state index contributed by atoms with van der Waals surface area (Å²) >= 11 is 0. The molecule has 2 unspecified atom stereocenters. The van der Waals surface area contributed by atoms with Gasteiger partial charge in [0.15, 0.2) is 0 Å². The maximum absolute atomic E-state index is 8.55. The molecular weight excluding hydrogens is 134 g/mol. The lowest BCUT2D eigenvalue weighted by Crippen LogP contribution is -2.57. The molecule has 3 rings (SSSR count). The highest BCUT2D eigenvalue weighted by atomic mass is 14.9. The van der Waals surface area contributed by atoms with E-state index in [-0.39, 0.29) is 0 Å². The minimum atomic E-state index is -2.80. The molecule has 1 nitrogen and oxygen atoms in total. The number of nitrogens with one attached hydrogen (secondary N) is 1. The third-order valence-corrected chi connectivity index (χ3v) is 1.88. The molecule has 2 aliphatic heterocycles. The van der Waals surface area contributed by atoms with Crippen molar-refractivity contribution in [3.63, 3.8) is 0 Å². The van der Waals surface area contributed by atoms with E-state index in [1.54, 1.807) is 0 Å². The van der Waals surface area contributed by atoms with Crippen molar-refractivity contribution < 1.29 is 12.3 Å². The van der Waals surface area contributed by atoms with Crippen LogP contribution in [0, 0.1) is 23.1 Å². The molecule has 2 bridgehead atoms. The Labute approximate surface area is 82.2 Å². The SMILES string of the molecule is [2H]C1([2H])NC([2H])([2H])C2([2H])C([2H])([2H])C1([2H])C2([2H])C(C)(C)C. The molecule has 2 saturated heterocycles. The van der Waals surface area contributed by atoms with E-state index in [1.165, 1.54) is 20.8 Å². The third-order valence-electron chi connectivity index (χ3n) is 1.88. The summed E-state index contributed by atoms with van der Waals surface area (Å²) in [7, 11) is 0. The van der Waals surface area contributed by atoms with Crippen LogP contribution in [-0.2, 0) is 0 Å². The molecule has 1 heteroatoms. The van der Waals surface area contributed by atoms with Gasteiger partial charge in [0.1, 0.15) is 0 Å². The van der Waals surface area contributed by atoms with Crippen molar-refractivity contribution in [1.82, 2.24) is 5.32 Å². The van der Waals surface area contributed by atoms with E-state index < -0.39 is 42.5 Å². The molecule has 0 aromatic heterocycles. The second kappa shape index (κ2) is 2.22. The average molecular weight is 162 g/mol. The first-order chi connectivity index (χ1) is 8.46. The van der Waals surface area contributed by atoms with Gasteiger partial charge in [0.2, 0.25) is 0 Å². The highest BCUT2D eigenvalue weighted by Crippen LogP contribution is 2.51. The fourth-order valence-electron chi connectivity index (χ4n) is 1.41. The first-order valence-corrected chi connectivity index (χ1v) is 3.75. The van der Waals surface area contributed by atoms with Gasteiger partial charge in [-0.15, -0.1) is 0 Å². The van der Waals surface area contributed by atoms with E-state index in [0.717, 1.165) is 0 Å². The molecule has 1 aliphatic carbocycles. The van der Waals surface area contributed by atoms with Crippen LogP contribution in [-0.4, -0.2) is 13.0 Å². The molecule has 0 aromatic carbocycles. The van der Waals surface area contributed by atoms with Gasteiger partial charge in [-0.25, -0.2) is 0 Å². The van der Waals surface area contributed by atoms with Crippen molar-refractivity contribution in [2.45, 2.75) is 27.1 Å². The van der Waals surface area contributed by atoms with Gasteiger partial charge in [-0.1, -0.05) is 20.8 Å². The third kappa shape index (κ3) is 1.10. The average Bonchev–Trinajstić information content (AvgIpc) is 2.19. The summed E-state index contributed by atoms with van der Waals surface area (Å²) in [6.45, 7) is -0.992. The summed E-state index contributed by atoms with van der Waals surface area (Å²) in [5.74, 6) is -7.42. The quantitative estimate of drug-likeness (QED) is 0.573. The van der Waals surface area contributed by atoms with E-state index in [0.29, 0.717) is 0 Å². The fraction of sp³-hybridized carbons (Fsp3) is 1.00. The Kier molecular flexibility index (Phi) is 0.500. The zero-order chi connectivity index (χ0) is 16.2. The van der Waals surface area contributed by atoms with E-state index in [4.69, 9.17) is 12.3 Å².